The van der Waals surface area contributed by atoms with Gasteiger partial charge in [-0.3, -0.25) is 0 Å². The van der Waals surface area contributed by atoms with Crippen molar-refractivity contribution < 1.29 is 0 Å². The van der Waals surface area contributed by atoms with E-state index in [-0.39, 0.29) is 0 Å². The Kier molecular flexibility index (Phi) is 2.11. The van der Waals surface area contributed by atoms with Crippen LogP contribution in [-0.4, -0.2) is 0 Å². The predicted molar refractivity (Wildman–Crippen MR) is 47.9 cm³/mol. The maximum Gasteiger partial charge on any atom is 0.0771 e. The molecule has 0 saturated carbocycles. The molecule has 1 aromatic rings. The zero-order valence-corrected chi connectivity index (χ0v) is 7.21. The third kappa shape index (κ3) is 1.22. The number of thiol groups is 1. The largest absolute Gasteiger partial charge is 0.397 e. The van der Waals surface area contributed by atoms with E-state index in [2.05, 4.69) is 12.6 Å². The van der Waals surface area contributed by atoms with Gasteiger partial charge in [0.1, 0.15) is 0 Å². The Balaban J connectivity index is 3.34. The third-order valence-corrected chi connectivity index (χ3v) is 2.46. The van der Waals surface area contributed by atoms with Crippen molar-refractivity contribution in [1.29, 1.82) is 0 Å². The molecule has 0 unspecified atom stereocenters. The normalized spacial score (nSPS) is 9.90. The van der Waals surface area contributed by atoms with Crippen molar-refractivity contribution in [3.8, 4) is 0 Å². The fourth-order valence-electron chi connectivity index (χ4n) is 0.677. The number of nitrogens with two attached hydrogens (primary N) is 1. The second-order valence-electron chi connectivity index (χ2n) is 2.13. The lowest BCUT2D eigenvalue weighted by Crippen LogP contribution is -1.88. The summed E-state index contributed by atoms with van der Waals surface area (Å²) in [5.41, 5.74) is 7.13. The van der Waals surface area contributed by atoms with Gasteiger partial charge in [-0.2, -0.15) is 0 Å². The van der Waals surface area contributed by atoms with Gasteiger partial charge in [-0.25, -0.2) is 0 Å². The van der Waals surface area contributed by atoms with Crippen molar-refractivity contribution >= 4 is 29.9 Å². The maximum absolute atomic E-state index is 5.78. The lowest BCUT2D eigenvalue weighted by Gasteiger charge is -2.02. The highest BCUT2D eigenvalue weighted by molar-refractivity contribution is 7.80. The van der Waals surface area contributed by atoms with Gasteiger partial charge < -0.3 is 5.73 Å². The summed E-state index contributed by atoms with van der Waals surface area (Å²) in [5, 5.41) is 0.545. The van der Waals surface area contributed by atoms with Crippen LogP contribution in [0.3, 0.4) is 0 Å². The molecule has 0 aliphatic rings. The molecule has 0 radical (unpaired) electrons. The zero-order chi connectivity index (χ0) is 7.72. The molecule has 0 spiro atoms. The zero-order valence-electron chi connectivity index (χ0n) is 5.56. The molecular weight excluding hydrogens is 166 g/mol. The lowest BCUT2D eigenvalue weighted by atomic mass is 10.2. The highest BCUT2D eigenvalue weighted by Gasteiger charge is 2.01. The van der Waals surface area contributed by atoms with Crippen LogP contribution in [0.15, 0.2) is 17.0 Å². The molecule has 0 atom stereocenters. The number of hydrogen-bond acceptors (Lipinski definition) is 2. The van der Waals surface area contributed by atoms with Gasteiger partial charge in [-0.1, -0.05) is 17.7 Å². The summed E-state index contributed by atoms with van der Waals surface area (Å²) in [5.74, 6) is 0. The molecule has 0 aromatic heterocycles. The standard InChI is InChI=1S/C7H8ClNS/c1-4-2-3-5(9)6(8)7(4)10/h2-3,10H,9H2,1H3. The van der Waals surface area contributed by atoms with Crippen molar-refractivity contribution in [3.63, 3.8) is 0 Å². The van der Waals surface area contributed by atoms with Gasteiger partial charge in [0.25, 0.3) is 0 Å². The molecule has 0 bridgehead atoms. The van der Waals surface area contributed by atoms with Gasteiger partial charge >= 0.3 is 0 Å². The summed E-state index contributed by atoms with van der Waals surface area (Å²) in [6.07, 6.45) is 0. The molecule has 0 fully saturated rings. The first kappa shape index (κ1) is 7.76. The summed E-state index contributed by atoms with van der Waals surface area (Å²) in [6, 6.07) is 3.67. The highest BCUT2D eigenvalue weighted by Crippen LogP contribution is 2.28. The lowest BCUT2D eigenvalue weighted by molar-refractivity contribution is 1.31. The predicted octanol–water partition coefficient (Wildman–Crippen LogP) is 2.52. The molecule has 3 heteroatoms. The van der Waals surface area contributed by atoms with Gasteiger partial charge in [-0.15, -0.1) is 12.6 Å². The van der Waals surface area contributed by atoms with Gasteiger partial charge in [-0.05, 0) is 18.6 Å². The van der Waals surface area contributed by atoms with E-state index in [1.165, 1.54) is 0 Å². The summed E-state index contributed by atoms with van der Waals surface area (Å²) >= 11 is 9.95. The fourth-order valence-corrected chi connectivity index (χ4v) is 1.09. The highest BCUT2D eigenvalue weighted by atomic mass is 35.5. The first-order chi connectivity index (χ1) is 4.63. The Morgan fingerprint density at radius 1 is 1.50 bits per heavy atom. The van der Waals surface area contributed by atoms with E-state index < -0.39 is 0 Å². The molecule has 1 aromatic carbocycles. The molecule has 0 heterocycles. The molecule has 10 heavy (non-hydrogen) atoms. The van der Waals surface area contributed by atoms with Crippen LogP contribution in [0.2, 0.25) is 5.02 Å². The Labute approximate surface area is 70.6 Å². The van der Waals surface area contributed by atoms with Crippen LogP contribution < -0.4 is 5.73 Å². The number of rotatable bonds is 0. The summed E-state index contributed by atoms with van der Waals surface area (Å²) in [7, 11) is 0. The number of halogens is 1. The number of nitrogen functional groups attached to an aromatic ring is 1. The number of aryl methyl sites for hydroxylation is 1. The molecule has 0 aliphatic carbocycles. The molecule has 1 nitrogen and oxygen atoms in total. The van der Waals surface area contributed by atoms with E-state index in [9.17, 15) is 0 Å². The molecular formula is C7H8ClNS. The Hall–Kier alpha value is -0.340. The van der Waals surface area contributed by atoms with Crippen molar-refractivity contribution in [3.05, 3.63) is 22.7 Å². The molecule has 1 rings (SSSR count). The topological polar surface area (TPSA) is 26.0 Å². The van der Waals surface area contributed by atoms with Crippen LogP contribution in [0, 0.1) is 6.92 Å². The van der Waals surface area contributed by atoms with Gasteiger partial charge in [0.05, 0.1) is 10.7 Å². The van der Waals surface area contributed by atoms with Gasteiger partial charge in [0, 0.05) is 4.90 Å². The van der Waals surface area contributed by atoms with E-state index in [0.717, 1.165) is 10.5 Å². The second-order valence-corrected chi connectivity index (χ2v) is 2.96. The molecule has 0 aliphatic heterocycles. The van der Waals surface area contributed by atoms with E-state index in [4.69, 9.17) is 17.3 Å². The van der Waals surface area contributed by atoms with Crippen LogP contribution in [0.1, 0.15) is 5.56 Å². The van der Waals surface area contributed by atoms with Crippen molar-refractivity contribution in [2.75, 3.05) is 5.73 Å². The van der Waals surface area contributed by atoms with E-state index in [1.54, 1.807) is 6.07 Å². The van der Waals surface area contributed by atoms with E-state index in [1.807, 2.05) is 13.0 Å². The van der Waals surface area contributed by atoms with Crippen LogP contribution in [0.4, 0.5) is 5.69 Å². The van der Waals surface area contributed by atoms with E-state index >= 15 is 0 Å². The van der Waals surface area contributed by atoms with Crippen LogP contribution in [-0.2, 0) is 0 Å². The molecule has 54 valence electrons. The monoisotopic (exact) mass is 173 g/mol. The Morgan fingerprint density at radius 3 is 2.60 bits per heavy atom. The summed E-state index contributed by atoms with van der Waals surface area (Å²) in [6.45, 7) is 1.94. The average Bonchev–Trinajstić information content (AvgIpc) is 1.93. The maximum atomic E-state index is 5.78. The molecule has 2 N–H and O–H groups in total. The van der Waals surface area contributed by atoms with Crippen LogP contribution >= 0.6 is 24.2 Å². The first-order valence-corrected chi connectivity index (χ1v) is 3.69. The SMILES string of the molecule is Cc1ccc(N)c(Cl)c1S. The minimum atomic E-state index is 0.545. The summed E-state index contributed by atoms with van der Waals surface area (Å²) in [4.78, 5) is 0.765. The smallest absolute Gasteiger partial charge is 0.0771 e. The van der Waals surface area contributed by atoms with E-state index in [0.29, 0.717) is 10.7 Å². The minimum absolute atomic E-state index is 0.545. The van der Waals surface area contributed by atoms with Gasteiger partial charge in [0.2, 0.25) is 0 Å². The number of benzene rings is 1. The third-order valence-electron chi connectivity index (χ3n) is 1.35. The van der Waals surface area contributed by atoms with Crippen molar-refractivity contribution in [1.82, 2.24) is 0 Å². The number of anilines is 1. The van der Waals surface area contributed by atoms with Crippen LogP contribution in [0.5, 0.6) is 0 Å². The van der Waals surface area contributed by atoms with Crippen LogP contribution in [0.25, 0.3) is 0 Å². The summed E-state index contributed by atoms with van der Waals surface area (Å²) < 4.78 is 0. The molecule has 0 amide bonds. The quantitative estimate of drug-likeness (QED) is 0.458. The number of hydrogen-bond donors (Lipinski definition) is 2. The first-order valence-electron chi connectivity index (χ1n) is 2.86. The Bertz CT molecular complexity index is 233. The fraction of sp³-hybridized carbons (Fsp3) is 0.143. The second kappa shape index (κ2) is 2.72. The van der Waals surface area contributed by atoms with Gasteiger partial charge in [0.15, 0.2) is 0 Å². The minimum Gasteiger partial charge on any atom is -0.397 e. The molecule has 0 saturated heterocycles. The average molecular weight is 174 g/mol. The van der Waals surface area contributed by atoms with Crippen molar-refractivity contribution in [2.24, 2.45) is 0 Å². The van der Waals surface area contributed by atoms with Crippen molar-refractivity contribution in [2.45, 2.75) is 11.8 Å². The Morgan fingerprint density at radius 2 is 2.10 bits per heavy atom.